The van der Waals surface area contributed by atoms with Crippen molar-refractivity contribution in [2.24, 2.45) is 0 Å². The number of methoxy groups -OCH3 is 1. The fourth-order valence-corrected chi connectivity index (χ4v) is 4.19. The largest absolute Gasteiger partial charge is 0.493 e. The number of carbonyl (C=O) groups excluding carboxylic acids is 2. The molecular formula is C26H19BrN2O6S. The van der Waals surface area contributed by atoms with E-state index in [9.17, 15) is 14.4 Å². The van der Waals surface area contributed by atoms with Gasteiger partial charge in [-0.2, -0.15) is 0 Å². The first-order chi connectivity index (χ1) is 17.3. The number of anilines is 1. The summed E-state index contributed by atoms with van der Waals surface area (Å²) in [7, 11) is 1.47. The quantitative estimate of drug-likeness (QED) is 0.245. The molecule has 2 amide bonds. The molecule has 36 heavy (non-hydrogen) atoms. The molecule has 1 aliphatic heterocycles. The summed E-state index contributed by atoms with van der Waals surface area (Å²) in [6.45, 7) is 0.123. The number of carboxylic acids is 1. The molecule has 0 aromatic heterocycles. The first-order valence-electron chi connectivity index (χ1n) is 10.6. The maximum atomic E-state index is 13.2. The molecule has 182 valence electrons. The highest BCUT2D eigenvalue weighted by Gasteiger charge is 2.34. The van der Waals surface area contributed by atoms with Crippen molar-refractivity contribution in [1.29, 1.82) is 0 Å². The number of carbonyl (C=O) groups is 3. The van der Waals surface area contributed by atoms with E-state index in [2.05, 4.69) is 21.2 Å². The van der Waals surface area contributed by atoms with Crippen LogP contribution in [-0.2, 0) is 16.2 Å². The number of hydrogen-bond donors (Lipinski definition) is 2. The number of nitrogens with one attached hydrogen (secondary N) is 1. The second-order valence-corrected chi connectivity index (χ2v) is 8.94. The van der Waals surface area contributed by atoms with Gasteiger partial charge in [0.2, 0.25) is 0 Å². The molecule has 0 atom stereocenters. The number of thiocarbonyl (C=S) groups is 1. The van der Waals surface area contributed by atoms with Crippen molar-refractivity contribution in [3.8, 4) is 11.5 Å². The summed E-state index contributed by atoms with van der Waals surface area (Å²) < 4.78 is 12.0. The molecule has 2 N–H and O–H groups in total. The Hall–Kier alpha value is -4.02. The number of amides is 2. The molecule has 1 saturated heterocycles. The molecule has 0 aliphatic carbocycles. The maximum absolute atomic E-state index is 13.2. The number of carboxylic acid groups (broad SMARTS) is 1. The summed E-state index contributed by atoms with van der Waals surface area (Å²) in [5, 5.41) is 11.7. The van der Waals surface area contributed by atoms with Gasteiger partial charge in [0.1, 0.15) is 12.2 Å². The van der Waals surface area contributed by atoms with Gasteiger partial charge in [-0.15, -0.1) is 0 Å². The van der Waals surface area contributed by atoms with E-state index in [4.69, 9.17) is 26.8 Å². The fourth-order valence-electron chi connectivity index (χ4n) is 3.52. The lowest BCUT2D eigenvalue weighted by molar-refractivity contribution is -0.122. The third-order valence-electron chi connectivity index (χ3n) is 5.24. The highest BCUT2D eigenvalue weighted by Crippen LogP contribution is 2.31. The summed E-state index contributed by atoms with van der Waals surface area (Å²) in [6, 6.07) is 18.4. The average molecular weight is 567 g/mol. The van der Waals surface area contributed by atoms with Gasteiger partial charge in [0.05, 0.1) is 18.4 Å². The van der Waals surface area contributed by atoms with E-state index in [1.807, 2.05) is 6.07 Å². The Morgan fingerprint density at radius 3 is 2.58 bits per heavy atom. The van der Waals surface area contributed by atoms with Crippen LogP contribution in [0.4, 0.5) is 5.69 Å². The molecule has 3 aromatic rings. The molecule has 10 heteroatoms. The minimum atomic E-state index is -1.02. The topological polar surface area (TPSA) is 105 Å². The fraction of sp³-hybridized carbons (Fsp3) is 0.0769. The molecule has 8 nitrogen and oxygen atoms in total. The van der Waals surface area contributed by atoms with Gasteiger partial charge in [-0.25, -0.2) is 4.79 Å². The van der Waals surface area contributed by atoms with E-state index >= 15 is 0 Å². The lowest BCUT2D eigenvalue weighted by Crippen LogP contribution is -2.54. The SMILES string of the molecule is COc1cc(/C=C2/C(=O)NC(=S)N(c3cccc(Br)c3)C2=O)ccc1OCc1cccc(C(=O)O)c1. The van der Waals surface area contributed by atoms with Gasteiger partial charge in [0, 0.05) is 4.47 Å². The van der Waals surface area contributed by atoms with Crippen molar-refractivity contribution in [1.82, 2.24) is 5.32 Å². The molecule has 1 fully saturated rings. The number of rotatable bonds is 7. The summed E-state index contributed by atoms with van der Waals surface area (Å²) in [6.07, 6.45) is 1.45. The number of hydrogen-bond acceptors (Lipinski definition) is 6. The molecule has 0 unspecified atom stereocenters. The standard InChI is InChI=1S/C26H19BrN2O6S/c1-34-22-12-15(8-9-21(22)35-14-16-4-2-5-17(10-16)25(32)33)11-20-23(30)28-26(36)29(24(20)31)19-7-3-6-18(27)13-19/h2-13H,14H2,1H3,(H,32,33)(H,28,30,36)/b20-11-. The summed E-state index contributed by atoms with van der Waals surface area (Å²) in [5.74, 6) is -1.39. The molecule has 3 aromatic carbocycles. The van der Waals surface area contributed by atoms with Crippen LogP contribution >= 0.6 is 28.1 Å². The van der Waals surface area contributed by atoms with Crippen molar-refractivity contribution in [3.63, 3.8) is 0 Å². The smallest absolute Gasteiger partial charge is 0.335 e. The first-order valence-corrected chi connectivity index (χ1v) is 11.8. The van der Waals surface area contributed by atoms with E-state index in [-0.39, 0.29) is 22.9 Å². The van der Waals surface area contributed by atoms with Crippen LogP contribution < -0.4 is 19.7 Å². The monoisotopic (exact) mass is 566 g/mol. The predicted molar refractivity (Wildman–Crippen MR) is 141 cm³/mol. The minimum absolute atomic E-state index is 0.00598. The van der Waals surface area contributed by atoms with E-state index < -0.39 is 17.8 Å². The van der Waals surface area contributed by atoms with Gasteiger partial charge in [-0.05, 0) is 71.9 Å². The minimum Gasteiger partial charge on any atom is -0.493 e. The molecular weight excluding hydrogens is 548 g/mol. The lowest BCUT2D eigenvalue weighted by atomic mass is 10.1. The molecule has 1 heterocycles. The van der Waals surface area contributed by atoms with Crippen LogP contribution in [0.2, 0.25) is 0 Å². The Morgan fingerprint density at radius 1 is 1.08 bits per heavy atom. The average Bonchev–Trinajstić information content (AvgIpc) is 2.85. The van der Waals surface area contributed by atoms with Crippen LogP contribution in [0.3, 0.4) is 0 Å². The molecule has 4 rings (SSSR count). The van der Waals surface area contributed by atoms with Gasteiger partial charge in [0.25, 0.3) is 11.8 Å². The van der Waals surface area contributed by atoms with Crippen LogP contribution in [0.1, 0.15) is 21.5 Å². The van der Waals surface area contributed by atoms with E-state index in [0.717, 1.165) is 4.47 Å². The number of benzene rings is 3. The Balaban J connectivity index is 1.58. The van der Waals surface area contributed by atoms with E-state index in [0.29, 0.717) is 28.3 Å². The normalized spacial score (nSPS) is 14.6. The van der Waals surface area contributed by atoms with Crippen LogP contribution in [0, 0.1) is 0 Å². The van der Waals surface area contributed by atoms with Gasteiger partial charge in [-0.1, -0.05) is 40.2 Å². The number of ether oxygens (including phenoxy) is 2. The van der Waals surface area contributed by atoms with Crippen molar-refractivity contribution < 1.29 is 29.0 Å². The number of nitrogens with zero attached hydrogens (tertiary/aromatic N) is 1. The molecule has 0 spiro atoms. The van der Waals surface area contributed by atoms with Crippen LogP contribution in [0.25, 0.3) is 6.08 Å². The zero-order chi connectivity index (χ0) is 25.8. The molecule has 1 aliphatic rings. The maximum Gasteiger partial charge on any atom is 0.335 e. The predicted octanol–water partition coefficient (Wildman–Crippen LogP) is 4.57. The number of aromatic carboxylic acids is 1. The van der Waals surface area contributed by atoms with Crippen LogP contribution in [0.5, 0.6) is 11.5 Å². The zero-order valence-corrected chi connectivity index (χ0v) is 21.3. The highest BCUT2D eigenvalue weighted by molar-refractivity contribution is 9.10. The van der Waals surface area contributed by atoms with Crippen LogP contribution in [-0.4, -0.2) is 35.1 Å². The first kappa shape index (κ1) is 25.1. The van der Waals surface area contributed by atoms with Crippen molar-refractivity contribution in [2.75, 3.05) is 12.0 Å². The van der Waals surface area contributed by atoms with Crippen molar-refractivity contribution >= 4 is 62.8 Å². The number of halogens is 1. The summed E-state index contributed by atoms with van der Waals surface area (Å²) in [5.41, 5.74) is 1.80. The molecule has 0 radical (unpaired) electrons. The van der Waals surface area contributed by atoms with Gasteiger partial charge in [-0.3, -0.25) is 19.8 Å². The second-order valence-electron chi connectivity index (χ2n) is 7.64. The Morgan fingerprint density at radius 2 is 1.86 bits per heavy atom. The Labute approximate surface area is 220 Å². The third kappa shape index (κ3) is 5.45. The Bertz CT molecular complexity index is 1420. The van der Waals surface area contributed by atoms with E-state index in [1.165, 1.54) is 30.2 Å². The third-order valence-corrected chi connectivity index (χ3v) is 6.01. The molecule has 0 saturated carbocycles. The highest BCUT2D eigenvalue weighted by atomic mass is 79.9. The lowest BCUT2D eigenvalue weighted by Gasteiger charge is -2.29. The van der Waals surface area contributed by atoms with Gasteiger partial charge in [0.15, 0.2) is 16.6 Å². The van der Waals surface area contributed by atoms with Crippen LogP contribution in [0.15, 0.2) is 76.8 Å². The van der Waals surface area contributed by atoms with Crippen molar-refractivity contribution in [3.05, 3.63) is 93.5 Å². The summed E-state index contributed by atoms with van der Waals surface area (Å²) >= 11 is 8.61. The van der Waals surface area contributed by atoms with Crippen molar-refractivity contribution in [2.45, 2.75) is 6.61 Å². The second kappa shape index (κ2) is 10.7. The Kier molecular flexibility index (Phi) is 7.47. The van der Waals surface area contributed by atoms with Gasteiger partial charge < -0.3 is 14.6 Å². The van der Waals surface area contributed by atoms with Gasteiger partial charge >= 0.3 is 5.97 Å². The molecule has 0 bridgehead atoms. The summed E-state index contributed by atoms with van der Waals surface area (Å²) in [4.78, 5) is 38.2. The zero-order valence-electron chi connectivity index (χ0n) is 18.9. The van der Waals surface area contributed by atoms with E-state index in [1.54, 1.807) is 48.5 Å².